The second-order valence-electron chi connectivity index (χ2n) is 3.36. The van der Waals surface area contributed by atoms with Crippen LogP contribution < -0.4 is 11.1 Å². The van der Waals surface area contributed by atoms with Crippen LogP contribution in [-0.2, 0) is 4.79 Å². The number of carbonyl (C=O) groups is 1. The van der Waals surface area contributed by atoms with Crippen molar-refractivity contribution in [2.45, 2.75) is 6.92 Å². The molecule has 1 rings (SSSR count). The molecule has 3 N–H and O–H groups in total. The first-order chi connectivity index (χ1) is 7.82. The molecular formula is C10H9BrF2N2OS. The Hall–Kier alpha value is -1.08. The van der Waals surface area contributed by atoms with Crippen molar-refractivity contribution >= 4 is 44.7 Å². The van der Waals surface area contributed by atoms with Crippen molar-refractivity contribution in [1.29, 1.82) is 0 Å². The van der Waals surface area contributed by atoms with E-state index in [1.54, 1.807) is 0 Å². The van der Waals surface area contributed by atoms with Crippen molar-refractivity contribution in [3.05, 3.63) is 28.2 Å². The predicted molar refractivity (Wildman–Crippen MR) is 68.6 cm³/mol. The summed E-state index contributed by atoms with van der Waals surface area (Å²) in [5, 5.41) is 2.29. The Labute approximate surface area is 110 Å². The normalized spacial score (nSPS) is 12.0. The highest BCUT2D eigenvalue weighted by Crippen LogP contribution is 2.27. The monoisotopic (exact) mass is 322 g/mol. The molecule has 1 aromatic rings. The lowest BCUT2D eigenvalue weighted by molar-refractivity contribution is -0.117. The number of carbonyl (C=O) groups excluding carboxylic acids is 1. The van der Waals surface area contributed by atoms with E-state index in [2.05, 4.69) is 33.5 Å². The number of anilines is 1. The maximum Gasteiger partial charge on any atom is 0.234 e. The molecular weight excluding hydrogens is 314 g/mol. The topological polar surface area (TPSA) is 55.1 Å². The van der Waals surface area contributed by atoms with E-state index in [-0.39, 0.29) is 15.1 Å². The average Bonchev–Trinajstić information content (AvgIpc) is 2.21. The van der Waals surface area contributed by atoms with E-state index < -0.39 is 23.5 Å². The van der Waals surface area contributed by atoms with Crippen LogP contribution >= 0.6 is 28.1 Å². The number of rotatable bonds is 3. The molecule has 0 radical (unpaired) electrons. The maximum absolute atomic E-state index is 13.4. The smallest absolute Gasteiger partial charge is 0.234 e. The summed E-state index contributed by atoms with van der Waals surface area (Å²) in [5.41, 5.74) is 5.16. The second-order valence-corrected chi connectivity index (χ2v) is 4.68. The van der Waals surface area contributed by atoms with Gasteiger partial charge in [-0.05, 0) is 28.9 Å². The first-order valence-corrected chi connectivity index (χ1v) is 5.77. The summed E-state index contributed by atoms with van der Waals surface area (Å²) in [6.07, 6.45) is 0. The van der Waals surface area contributed by atoms with Crippen LogP contribution in [0.15, 0.2) is 16.6 Å². The lowest BCUT2D eigenvalue weighted by atomic mass is 10.1. The van der Waals surface area contributed by atoms with Gasteiger partial charge in [0.1, 0.15) is 5.82 Å². The van der Waals surface area contributed by atoms with Gasteiger partial charge in [-0.3, -0.25) is 4.79 Å². The van der Waals surface area contributed by atoms with Gasteiger partial charge in [0.2, 0.25) is 5.91 Å². The Balaban J connectivity index is 2.96. The number of halogens is 3. The largest absolute Gasteiger partial charge is 0.393 e. The van der Waals surface area contributed by atoms with E-state index in [1.165, 1.54) is 6.92 Å². The van der Waals surface area contributed by atoms with Crippen molar-refractivity contribution in [2.24, 2.45) is 11.7 Å². The Morgan fingerprint density at radius 3 is 2.59 bits per heavy atom. The molecule has 1 aromatic carbocycles. The zero-order valence-corrected chi connectivity index (χ0v) is 11.2. The van der Waals surface area contributed by atoms with Crippen LogP contribution in [-0.4, -0.2) is 10.9 Å². The van der Waals surface area contributed by atoms with Gasteiger partial charge in [0, 0.05) is 10.5 Å². The standard InChI is InChI=1S/C10H9BrF2N2OS/c1-4(9(14)17)10(16)15-8-6(11)2-5(12)3-7(8)13/h2-4H,1H3,(H2,14,17)(H,15,16). The fourth-order valence-electron chi connectivity index (χ4n) is 1.02. The molecule has 0 bridgehead atoms. The fourth-order valence-corrected chi connectivity index (χ4v) is 1.64. The van der Waals surface area contributed by atoms with Gasteiger partial charge in [0.05, 0.1) is 16.6 Å². The van der Waals surface area contributed by atoms with Crippen molar-refractivity contribution < 1.29 is 13.6 Å². The van der Waals surface area contributed by atoms with Gasteiger partial charge in [-0.15, -0.1) is 0 Å². The highest BCUT2D eigenvalue weighted by molar-refractivity contribution is 9.10. The zero-order valence-electron chi connectivity index (χ0n) is 8.76. The quantitative estimate of drug-likeness (QED) is 0.841. The molecule has 0 heterocycles. The molecule has 0 spiro atoms. The van der Waals surface area contributed by atoms with Crippen molar-refractivity contribution in [3.63, 3.8) is 0 Å². The maximum atomic E-state index is 13.4. The molecule has 0 saturated carbocycles. The van der Waals surface area contributed by atoms with Crippen LogP contribution in [0.3, 0.4) is 0 Å². The summed E-state index contributed by atoms with van der Waals surface area (Å²) < 4.78 is 26.3. The minimum absolute atomic E-state index is 0.00106. The summed E-state index contributed by atoms with van der Waals surface area (Å²) >= 11 is 7.60. The molecule has 3 nitrogen and oxygen atoms in total. The number of nitrogens with one attached hydrogen (secondary N) is 1. The van der Waals surface area contributed by atoms with Crippen LogP contribution in [0, 0.1) is 17.6 Å². The molecule has 0 aliphatic heterocycles. The van der Waals surface area contributed by atoms with Gasteiger partial charge in [0.25, 0.3) is 0 Å². The third-order valence-electron chi connectivity index (χ3n) is 2.08. The number of hydrogen-bond donors (Lipinski definition) is 2. The van der Waals surface area contributed by atoms with E-state index in [0.717, 1.165) is 6.07 Å². The molecule has 7 heteroatoms. The molecule has 0 saturated heterocycles. The summed E-state index contributed by atoms with van der Waals surface area (Å²) in [4.78, 5) is 11.6. The minimum atomic E-state index is -0.875. The number of thiocarbonyl (C=S) groups is 1. The molecule has 92 valence electrons. The van der Waals surface area contributed by atoms with Crippen LogP contribution in [0.5, 0.6) is 0 Å². The number of hydrogen-bond acceptors (Lipinski definition) is 2. The predicted octanol–water partition coefficient (Wildman–Crippen LogP) is 2.59. The highest BCUT2D eigenvalue weighted by Gasteiger charge is 2.19. The Morgan fingerprint density at radius 1 is 1.53 bits per heavy atom. The summed E-state index contributed by atoms with van der Waals surface area (Å²) in [7, 11) is 0. The Bertz CT molecular complexity index is 458. The summed E-state index contributed by atoms with van der Waals surface area (Å²) in [6.45, 7) is 1.49. The second kappa shape index (κ2) is 5.50. The van der Waals surface area contributed by atoms with E-state index >= 15 is 0 Å². The van der Waals surface area contributed by atoms with Gasteiger partial charge in [0.15, 0.2) is 5.82 Å². The van der Waals surface area contributed by atoms with Crippen LogP contribution in [0.4, 0.5) is 14.5 Å². The first kappa shape index (κ1) is 14.0. The Morgan fingerprint density at radius 2 is 2.12 bits per heavy atom. The van der Waals surface area contributed by atoms with Gasteiger partial charge in [-0.2, -0.15) is 0 Å². The molecule has 0 aromatic heterocycles. The SMILES string of the molecule is CC(C(=O)Nc1c(F)cc(F)cc1Br)C(N)=S. The van der Waals surface area contributed by atoms with Crippen molar-refractivity contribution in [3.8, 4) is 0 Å². The first-order valence-electron chi connectivity index (χ1n) is 4.57. The number of amides is 1. The molecule has 1 unspecified atom stereocenters. The molecule has 0 fully saturated rings. The van der Waals surface area contributed by atoms with E-state index in [4.69, 9.17) is 5.73 Å². The Kier molecular flexibility index (Phi) is 4.53. The van der Waals surface area contributed by atoms with Gasteiger partial charge in [-0.25, -0.2) is 8.78 Å². The van der Waals surface area contributed by atoms with Crippen molar-refractivity contribution in [2.75, 3.05) is 5.32 Å². The third-order valence-corrected chi connectivity index (χ3v) is 3.05. The lowest BCUT2D eigenvalue weighted by Gasteiger charge is -2.12. The van der Waals surface area contributed by atoms with E-state index in [1.807, 2.05) is 0 Å². The van der Waals surface area contributed by atoms with Crippen LogP contribution in [0.2, 0.25) is 0 Å². The van der Waals surface area contributed by atoms with E-state index in [9.17, 15) is 13.6 Å². The summed E-state index contributed by atoms with van der Waals surface area (Å²) in [5.74, 6) is -2.90. The highest BCUT2D eigenvalue weighted by atomic mass is 79.9. The van der Waals surface area contributed by atoms with Crippen molar-refractivity contribution in [1.82, 2.24) is 0 Å². The van der Waals surface area contributed by atoms with Crippen LogP contribution in [0.1, 0.15) is 6.92 Å². The molecule has 17 heavy (non-hydrogen) atoms. The van der Waals surface area contributed by atoms with Gasteiger partial charge >= 0.3 is 0 Å². The number of nitrogens with two attached hydrogens (primary N) is 1. The fraction of sp³-hybridized carbons (Fsp3) is 0.200. The third kappa shape index (κ3) is 3.44. The van der Waals surface area contributed by atoms with Gasteiger partial charge in [-0.1, -0.05) is 12.2 Å². The summed E-state index contributed by atoms with van der Waals surface area (Å²) in [6, 6.07) is 1.72. The molecule has 0 aliphatic rings. The molecule has 1 amide bonds. The van der Waals surface area contributed by atoms with E-state index in [0.29, 0.717) is 6.07 Å². The lowest BCUT2D eigenvalue weighted by Crippen LogP contribution is -2.31. The zero-order chi connectivity index (χ0) is 13.2. The molecule has 1 atom stereocenters. The molecule has 0 aliphatic carbocycles. The number of benzene rings is 1. The van der Waals surface area contributed by atoms with Crippen LogP contribution in [0.25, 0.3) is 0 Å². The van der Waals surface area contributed by atoms with Gasteiger partial charge < -0.3 is 11.1 Å². The average molecular weight is 323 g/mol. The minimum Gasteiger partial charge on any atom is -0.393 e.